The number of thiophene rings is 1. The Bertz CT molecular complexity index is 791. The van der Waals surface area contributed by atoms with Crippen molar-refractivity contribution in [2.45, 2.75) is 55.3 Å². The second-order valence-electron chi connectivity index (χ2n) is 7.63. The second-order valence-corrected chi connectivity index (χ2v) is 10.7. The van der Waals surface area contributed by atoms with E-state index in [0.29, 0.717) is 25.3 Å². The quantitative estimate of drug-likeness (QED) is 0.631. The van der Waals surface area contributed by atoms with Crippen molar-refractivity contribution >= 4 is 33.2 Å². The first-order valence-corrected chi connectivity index (χ1v) is 12.6. The van der Waals surface area contributed by atoms with Crippen LogP contribution in [0.15, 0.2) is 21.7 Å². The fraction of sp³-hybridized carbons (Fsp3) is 0.684. The molecule has 1 unspecified atom stereocenters. The molecule has 10 heteroatoms. The monoisotopic (exact) mass is 442 g/mol. The predicted molar refractivity (Wildman–Crippen MR) is 112 cm³/mol. The van der Waals surface area contributed by atoms with Crippen LogP contribution in [-0.2, 0) is 19.6 Å². The zero-order valence-electron chi connectivity index (χ0n) is 16.6. The molecule has 1 saturated heterocycles. The fourth-order valence-corrected chi connectivity index (χ4v) is 6.88. The zero-order chi connectivity index (χ0) is 20.9. The van der Waals surface area contributed by atoms with Gasteiger partial charge in [-0.3, -0.25) is 9.59 Å². The number of carbonyl (C=O) groups excluding carboxylic acids is 2. The molecule has 29 heavy (non-hydrogen) atoms. The van der Waals surface area contributed by atoms with E-state index < -0.39 is 22.1 Å². The molecule has 2 aliphatic rings. The molecular formula is C19H30N4O4S2. The van der Waals surface area contributed by atoms with Crippen molar-refractivity contribution in [2.75, 3.05) is 26.2 Å². The summed E-state index contributed by atoms with van der Waals surface area (Å²) >= 11 is 1.11. The van der Waals surface area contributed by atoms with E-state index in [2.05, 4.69) is 5.32 Å². The molecule has 8 nitrogen and oxygen atoms in total. The molecule has 2 heterocycles. The highest BCUT2D eigenvalue weighted by Gasteiger charge is 2.44. The number of hydrogen-bond donors (Lipinski definition) is 2. The summed E-state index contributed by atoms with van der Waals surface area (Å²) in [7, 11) is -3.87. The minimum atomic E-state index is -3.87. The summed E-state index contributed by atoms with van der Waals surface area (Å²) in [6.07, 6.45) is 5.18. The van der Waals surface area contributed by atoms with Gasteiger partial charge in [-0.1, -0.05) is 31.7 Å². The summed E-state index contributed by atoms with van der Waals surface area (Å²) in [6.45, 7) is 1.05. The van der Waals surface area contributed by atoms with Gasteiger partial charge in [0.1, 0.15) is 4.21 Å². The molecule has 162 valence electrons. The number of nitrogens with two attached hydrogens (primary N) is 1. The molecule has 1 saturated carbocycles. The van der Waals surface area contributed by atoms with Crippen LogP contribution in [0.3, 0.4) is 0 Å². The third kappa shape index (κ3) is 5.17. The maximum Gasteiger partial charge on any atom is 0.259 e. The van der Waals surface area contributed by atoms with Crippen LogP contribution in [0.5, 0.6) is 0 Å². The summed E-state index contributed by atoms with van der Waals surface area (Å²) in [4.78, 5) is 27.3. The van der Waals surface area contributed by atoms with Gasteiger partial charge in [-0.25, -0.2) is 8.42 Å². The lowest BCUT2D eigenvalue weighted by Crippen LogP contribution is -2.63. The SMILES string of the molecule is NCCNC(=O)C1N(C(=O)CCC2CCCC2)CCCN1S(=O)(=O)c1cccs1. The molecule has 3 N–H and O–H groups in total. The van der Waals surface area contributed by atoms with Gasteiger partial charge in [0, 0.05) is 32.6 Å². The lowest BCUT2D eigenvalue weighted by atomic mass is 10.0. The average molecular weight is 443 g/mol. The van der Waals surface area contributed by atoms with E-state index in [4.69, 9.17) is 5.73 Å². The minimum Gasteiger partial charge on any atom is -0.352 e. The lowest BCUT2D eigenvalue weighted by molar-refractivity contribution is -0.147. The standard InChI is InChI=1S/C19H30N4O4S2/c20-10-11-21-18(25)19-22(16(24)9-8-15-5-1-2-6-15)12-4-13-23(19)29(26,27)17-7-3-14-28-17/h3,7,14-15,19H,1-2,4-6,8-13,20H2,(H,21,25). The maximum absolute atomic E-state index is 13.2. The van der Waals surface area contributed by atoms with Crippen molar-refractivity contribution in [2.24, 2.45) is 11.7 Å². The van der Waals surface area contributed by atoms with Crippen molar-refractivity contribution in [1.82, 2.24) is 14.5 Å². The second kappa shape index (κ2) is 10.0. The lowest BCUT2D eigenvalue weighted by Gasteiger charge is -2.41. The number of carbonyl (C=O) groups is 2. The van der Waals surface area contributed by atoms with Crippen LogP contribution in [0.1, 0.15) is 44.9 Å². The summed E-state index contributed by atoms with van der Waals surface area (Å²) < 4.78 is 27.7. The largest absolute Gasteiger partial charge is 0.352 e. The first-order valence-electron chi connectivity index (χ1n) is 10.3. The Morgan fingerprint density at radius 1 is 1.21 bits per heavy atom. The summed E-state index contributed by atoms with van der Waals surface area (Å²) in [5.41, 5.74) is 5.49. The van der Waals surface area contributed by atoms with Gasteiger partial charge in [-0.15, -0.1) is 11.3 Å². The number of nitrogens with zero attached hydrogens (tertiary/aromatic N) is 2. The molecule has 0 radical (unpaired) electrons. The third-order valence-electron chi connectivity index (χ3n) is 5.64. The summed E-state index contributed by atoms with van der Waals surface area (Å²) in [5, 5.41) is 4.36. The summed E-state index contributed by atoms with van der Waals surface area (Å²) in [6, 6.07) is 3.19. The Labute approximate surface area is 176 Å². The van der Waals surface area contributed by atoms with Crippen LogP contribution >= 0.6 is 11.3 Å². The Morgan fingerprint density at radius 3 is 2.62 bits per heavy atom. The van der Waals surface area contributed by atoms with Crippen molar-refractivity contribution in [3.63, 3.8) is 0 Å². The molecule has 2 amide bonds. The Balaban J connectivity index is 1.81. The van der Waals surface area contributed by atoms with Crippen LogP contribution in [0.4, 0.5) is 0 Å². The number of nitrogens with one attached hydrogen (secondary N) is 1. The van der Waals surface area contributed by atoms with Crippen LogP contribution in [0, 0.1) is 5.92 Å². The van der Waals surface area contributed by atoms with E-state index in [1.54, 1.807) is 11.4 Å². The average Bonchev–Trinajstić information content (AvgIpc) is 3.44. The first-order chi connectivity index (χ1) is 13.9. The zero-order valence-corrected chi connectivity index (χ0v) is 18.2. The van der Waals surface area contributed by atoms with Gasteiger partial charge < -0.3 is 16.0 Å². The van der Waals surface area contributed by atoms with Crippen LogP contribution in [0.2, 0.25) is 0 Å². The van der Waals surface area contributed by atoms with Crippen LogP contribution in [-0.4, -0.2) is 61.8 Å². The number of rotatable bonds is 8. The first kappa shape index (κ1) is 22.2. The minimum absolute atomic E-state index is 0.157. The maximum atomic E-state index is 13.2. The van der Waals surface area contributed by atoms with Crippen molar-refractivity contribution in [1.29, 1.82) is 0 Å². The van der Waals surface area contributed by atoms with E-state index >= 15 is 0 Å². The van der Waals surface area contributed by atoms with Gasteiger partial charge in [0.2, 0.25) is 5.91 Å². The highest BCUT2D eigenvalue weighted by atomic mass is 32.2. The van der Waals surface area contributed by atoms with Gasteiger partial charge in [0.15, 0.2) is 6.17 Å². The normalized spacial score (nSPS) is 21.4. The molecule has 3 rings (SSSR count). The Morgan fingerprint density at radius 2 is 1.97 bits per heavy atom. The topological polar surface area (TPSA) is 113 Å². The summed E-state index contributed by atoms with van der Waals surface area (Å²) in [5.74, 6) is -0.0976. The molecule has 1 aromatic rings. The van der Waals surface area contributed by atoms with Crippen molar-refractivity contribution in [3.8, 4) is 0 Å². The van der Waals surface area contributed by atoms with Gasteiger partial charge in [-0.2, -0.15) is 4.31 Å². The molecule has 1 aliphatic heterocycles. The van der Waals surface area contributed by atoms with Gasteiger partial charge >= 0.3 is 0 Å². The third-order valence-corrected chi connectivity index (χ3v) is 8.87. The number of sulfonamides is 1. The van der Waals surface area contributed by atoms with Gasteiger partial charge in [0.05, 0.1) is 0 Å². The molecule has 1 aromatic heterocycles. The van der Waals surface area contributed by atoms with Gasteiger partial charge in [0.25, 0.3) is 15.9 Å². The molecule has 1 atom stereocenters. The van der Waals surface area contributed by atoms with Crippen LogP contribution in [0.25, 0.3) is 0 Å². The molecule has 0 spiro atoms. The van der Waals surface area contributed by atoms with Crippen LogP contribution < -0.4 is 11.1 Å². The fourth-order valence-electron chi connectivity index (χ4n) is 4.16. The number of hydrogen-bond acceptors (Lipinski definition) is 6. The van der Waals surface area contributed by atoms with Crippen molar-refractivity contribution in [3.05, 3.63) is 17.5 Å². The predicted octanol–water partition coefficient (Wildman–Crippen LogP) is 1.34. The molecule has 1 aliphatic carbocycles. The van der Waals surface area contributed by atoms with E-state index in [0.717, 1.165) is 30.6 Å². The van der Waals surface area contributed by atoms with E-state index in [1.165, 1.54) is 28.1 Å². The smallest absolute Gasteiger partial charge is 0.259 e. The molecule has 0 aromatic carbocycles. The number of amides is 2. The highest BCUT2D eigenvalue weighted by molar-refractivity contribution is 7.91. The molecule has 0 bridgehead atoms. The van der Waals surface area contributed by atoms with E-state index in [-0.39, 0.29) is 29.8 Å². The molecule has 2 fully saturated rings. The highest BCUT2D eigenvalue weighted by Crippen LogP contribution is 2.30. The van der Waals surface area contributed by atoms with E-state index in [9.17, 15) is 18.0 Å². The van der Waals surface area contributed by atoms with E-state index in [1.807, 2.05) is 0 Å². The van der Waals surface area contributed by atoms with Gasteiger partial charge in [-0.05, 0) is 30.2 Å². The Hall–Kier alpha value is -1.49. The molecular weight excluding hydrogens is 412 g/mol. The van der Waals surface area contributed by atoms with Crippen molar-refractivity contribution < 1.29 is 18.0 Å². The Kier molecular flexibility index (Phi) is 7.66.